The highest BCUT2D eigenvalue weighted by atomic mass is 32.2. The predicted octanol–water partition coefficient (Wildman–Crippen LogP) is 1.96. The molecule has 1 saturated heterocycles. The van der Waals surface area contributed by atoms with Crippen molar-refractivity contribution in [3.8, 4) is 0 Å². The van der Waals surface area contributed by atoms with Gasteiger partial charge in [0.25, 0.3) is 0 Å². The highest BCUT2D eigenvalue weighted by molar-refractivity contribution is 7.99. The Labute approximate surface area is 71.9 Å². The summed E-state index contributed by atoms with van der Waals surface area (Å²) in [7, 11) is 0. The molecule has 0 unspecified atom stereocenters. The van der Waals surface area contributed by atoms with Crippen molar-refractivity contribution in [3.63, 3.8) is 0 Å². The molecule has 2 rings (SSSR count). The van der Waals surface area contributed by atoms with Crippen LogP contribution >= 0.6 is 11.8 Å². The first-order chi connectivity index (χ1) is 5.42. The van der Waals surface area contributed by atoms with E-state index in [4.69, 9.17) is 0 Å². The summed E-state index contributed by atoms with van der Waals surface area (Å²) in [5, 5.41) is 0. The second-order valence-corrected chi connectivity index (χ2v) is 4.83. The van der Waals surface area contributed by atoms with Gasteiger partial charge in [0.2, 0.25) is 0 Å². The lowest BCUT2D eigenvalue weighted by molar-refractivity contribution is -0.109. The van der Waals surface area contributed by atoms with Gasteiger partial charge >= 0.3 is 0 Å². The molecule has 0 N–H and O–H groups in total. The van der Waals surface area contributed by atoms with Crippen LogP contribution in [0.3, 0.4) is 0 Å². The fourth-order valence-electron chi connectivity index (χ4n) is 2.04. The van der Waals surface area contributed by atoms with Crippen LogP contribution in [0.5, 0.6) is 0 Å². The third-order valence-electron chi connectivity index (χ3n) is 2.87. The number of carbonyl (C=O) groups excluding carboxylic acids is 1. The molecule has 1 saturated carbocycles. The standard InChI is InChI=1S/C9H14OS/c10-5-8-4-9(8)7-2-1-3-11-6-7/h5,7-9H,1-4,6H2/t7-,8-,9+/m0/s1. The zero-order valence-electron chi connectivity index (χ0n) is 6.66. The second-order valence-electron chi connectivity index (χ2n) is 3.68. The minimum atomic E-state index is 0.443. The smallest absolute Gasteiger partial charge is 0.123 e. The molecular weight excluding hydrogens is 156 g/mol. The van der Waals surface area contributed by atoms with Crippen molar-refractivity contribution < 1.29 is 4.79 Å². The highest BCUT2D eigenvalue weighted by Gasteiger charge is 2.42. The number of carbonyl (C=O) groups is 1. The monoisotopic (exact) mass is 170 g/mol. The largest absolute Gasteiger partial charge is 0.303 e. The zero-order valence-corrected chi connectivity index (χ0v) is 7.48. The second kappa shape index (κ2) is 3.18. The first-order valence-corrected chi connectivity index (χ1v) is 5.60. The van der Waals surface area contributed by atoms with Crippen LogP contribution in [-0.2, 0) is 4.79 Å². The van der Waals surface area contributed by atoms with Gasteiger partial charge in [0.05, 0.1) is 0 Å². The third kappa shape index (κ3) is 1.61. The van der Waals surface area contributed by atoms with Crippen LogP contribution in [0.25, 0.3) is 0 Å². The Hall–Kier alpha value is 0.0200. The van der Waals surface area contributed by atoms with Gasteiger partial charge in [-0.3, -0.25) is 0 Å². The molecule has 0 aromatic carbocycles. The molecule has 3 atom stereocenters. The van der Waals surface area contributed by atoms with Crippen molar-refractivity contribution in [3.05, 3.63) is 0 Å². The molecule has 62 valence electrons. The van der Waals surface area contributed by atoms with Crippen molar-refractivity contribution in [1.29, 1.82) is 0 Å². The van der Waals surface area contributed by atoms with E-state index in [0.717, 1.165) is 18.1 Å². The van der Waals surface area contributed by atoms with E-state index in [1.165, 1.54) is 30.8 Å². The fraction of sp³-hybridized carbons (Fsp3) is 0.889. The molecule has 0 amide bonds. The Bertz CT molecular complexity index is 152. The van der Waals surface area contributed by atoms with E-state index in [1.807, 2.05) is 0 Å². The van der Waals surface area contributed by atoms with Crippen molar-refractivity contribution in [1.82, 2.24) is 0 Å². The summed E-state index contributed by atoms with van der Waals surface area (Å²) in [6, 6.07) is 0. The van der Waals surface area contributed by atoms with E-state index in [9.17, 15) is 4.79 Å². The van der Waals surface area contributed by atoms with Gasteiger partial charge in [-0.2, -0.15) is 11.8 Å². The minimum absolute atomic E-state index is 0.443. The van der Waals surface area contributed by atoms with Crippen LogP contribution in [-0.4, -0.2) is 17.8 Å². The Kier molecular flexibility index (Phi) is 2.21. The summed E-state index contributed by atoms with van der Waals surface area (Å²) in [6.07, 6.45) is 5.10. The molecule has 1 aliphatic heterocycles. The average Bonchev–Trinajstić information content (AvgIpc) is 2.85. The zero-order chi connectivity index (χ0) is 7.68. The highest BCUT2D eigenvalue weighted by Crippen LogP contribution is 2.47. The van der Waals surface area contributed by atoms with Gasteiger partial charge in [0.15, 0.2) is 0 Å². The van der Waals surface area contributed by atoms with Gasteiger partial charge in [-0.1, -0.05) is 0 Å². The molecule has 2 fully saturated rings. The molecule has 0 spiro atoms. The summed E-state index contributed by atoms with van der Waals surface area (Å²) in [5.74, 6) is 4.76. The minimum Gasteiger partial charge on any atom is -0.303 e. The Morgan fingerprint density at radius 3 is 2.91 bits per heavy atom. The quantitative estimate of drug-likeness (QED) is 0.589. The molecule has 2 aliphatic rings. The molecule has 1 nitrogen and oxygen atoms in total. The van der Waals surface area contributed by atoms with E-state index in [-0.39, 0.29) is 0 Å². The number of hydrogen-bond acceptors (Lipinski definition) is 2. The predicted molar refractivity (Wildman–Crippen MR) is 47.7 cm³/mol. The normalized spacial score (nSPS) is 43.5. The van der Waals surface area contributed by atoms with Crippen molar-refractivity contribution in [2.75, 3.05) is 11.5 Å². The van der Waals surface area contributed by atoms with Crippen molar-refractivity contribution >= 4 is 18.0 Å². The summed E-state index contributed by atoms with van der Waals surface area (Å²) >= 11 is 2.07. The molecule has 11 heavy (non-hydrogen) atoms. The van der Waals surface area contributed by atoms with Gasteiger partial charge in [-0.05, 0) is 42.6 Å². The summed E-state index contributed by atoms with van der Waals surface area (Å²) < 4.78 is 0. The molecule has 0 bridgehead atoms. The van der Waals surface area contributed by atoms with E-state index < -0.39 is 0 Å². The van der Waals surface area contributed by atoms with E-state index in [1.54, 1.807) is 0 Å². The SMILES string of the molecule is O=C[C@@H]1C[C@@H]1[C@H]1CCCSC1. The Morgan fingerprint density at radius 2 is 2.36 bits per heavy atom. The van der Waals surface area contributed by atoms with Gasteiger partial charge in [-0.15, -0.1) is 0 Å². The van der Waals surface area contributed by atoms with Crippen LogP contribution < -0.4 is 0 Å². The van der Waals surface area contributed by atoms with Crippen LogP contribution in [0.4, 0.5) is 0 Å². The summed E-state index contributed by atoms with van der Waals surface area (Å²) in [5.41, 5.74) is 0. The van der Waals surface area contributed by atoms with Crippen LogP contribution in [0, 0.1) is 17.8 Å². The number of aldehydes is 1. The molecule has 1 aliphatic carbocycles. The molecule has 0 radical (unpaired) electrons. The number of rotatable bonds is 2. The lowest BCUT2D eigenvalue weighted by atomic mass is 9.99. The lowest BCUT2D eigenvalue weighted by Gasteiger charge is -2.20. The Morgan fingerprint density at radius 1 is 1.45 bits per heavy atom. The molecule has 1 heterocycles. The summed E-state index contributed by atoms with van der Waals surface area (Å²) in [6.45, 7) is 0. The lowest BCUT2D eigenvalue weighted by Crippen LogP contribution is -2.13. The first-order valence-electron chi connectivity index (χ1n) is 4.45. The molecule has 2 heteroatoms. The molecular formula is C9H14OS. The van der Waals surface area contributed by atoms with Gasteiger partial charge in [-0.25, -0.2) is 0 Å². The third-order valence-corrected chi connectivity index (χ3v) is 4.11. The maximum absolute atomic E-state index is 10.4. The van der Waals surface area contributed by atoms with Crippen molar-refractivity contribution in [2.24, 2.45) is 17.8 Å². The van der Waals surface area contributed by atoms with Gasteiger partial charge < -0.3 is 4.79 Å². The van der Waals surface area contributed by atoms with Gasteiger partial charge in [0, 0.05) is 5.92 Å². The first kappa shape index (κ1) is 7.66. The maximum Gasteiger partial charge on any atom is 0.123 e. The van der Waals surface area contributed by atoms with E-state index in [2.05, 4.69) is 11.8 Å². The van der Waals surface area contributed by atoms with E-state index in [0.29, 0.717) is 5.92 Å². The molecule has 0 aromatic rings. The van der Waals surface area contributed by atoms with Crippen molar-refractivity contribution in [2.45, 2.75) is 19.3 Å². The van der Waals surface area contributed by atoms with E-state index >= 15 is 0 Å². The van der Waals surface area contributed by atoms with Crippen LogP contribution in [0.1, 0.15) is 19.3 Å². The topological polar surface area (TPSA) is 17.1 Å². The summed E-state index contributed by atoms with van der Waals surface area (Å²) in [4.78, 5) is 10.4. The number of hydrogen-bond donors (Lipinski definition) is 0. The maximum atomic E-state index is 10.4. The number of thioether (sulfide) groups is 1. The Balaban J connectivity index is 1.81. The van der Waals surface area contributed by atoms with Crippen LogP contribution in [0.15, 0.2) is 0 Å². The van der Waals surface area contributed by atoms with Gasteiger partial charge in [0.1, 0.15) is 6.29 Å². The average molecular weight is 170 g/mol. The van der Waals surface area contributed by atoms with Crippen LogP contribution in [0.2, 0.25) is 0 Å². The fourth-order valence-corrected chi connectivity index (χ4v) is 3.29. The molecule has 0 aromatic heterocycles.